The number of halogens is 2. The zero-order chi connectivity index (χ0) is 13.7. The summed E-state index contributed by atoms with van der Waals surface area (Å²) in [7, 11) is 1.28. The van der Waals surface area contributed by atoms with E-state index in [1.165, 1.54) is 19.2 Å². The van der Waals surface area contributed by atoms with Gasteiger partial charge in [-0.15, -0.1) is 0 Å². The van der Waals surface area contributed by atoms with E-state index in [1.807, 2.05) is 0 Å². The molecule has 0 atom stereocenters. The van der Waals surface area contributed by atoms with Crippen molar-refractivity contribution >= 4 is 40.8 Å². The highest BCUT2D eigenvalue weighted by molar-refractivity contribution is 6.44. The molecule has 0 spiro atoms. The Balaban J connectivity index is 2.70. The van der Waals surface area contributed by atoms with Crippen molar-refractivity contribution in [2.24, 2.45) is 0 Å². The first-order chi connectivity index (χ1) is 8.45. The number of esters is 1. The standard InChI is InChI=1S/C11H12Cl2N2O3/c1-18-9(16)2-3-15-11(17)7-4-6(14)5-8(12)10(7)13/h4-5H,2-3,14H2,1H3,(H,15,17). The number of nitrogens with two attached hydrogens (primary N) is 1. The van der Waals surface area contributed by atoms with Crippen LogP contribution in [0.5, 0.6) is 0 Å². The van der Waals surface area contributed by atoms with Gasteiger partial charge in [0.1, 0.15) is 0 Å². The molecule has 1 aromatic rings. The molecule has 1 amide bonds. The largest absolute Gasteiger partial charge is 0.469 e. The molecule has 0 radical (unpaired) electrons. The highest BCUT2D eigenvalue weighted by Gasteiger charge is 2.14. The highest BCUT2D eigenvalue weighted by Crippen LogP contribution is 2.28. The molecule has 18 heavy (non-hydrogen) atoms. The SMILES string of the molecule is COC(=O)CCNC(=O)c1cc(N)cc(Cl)c1Cl. The first kappa shape index (κ1) is 14.6. The Labute approximate surface area is 114 Å². The van der Waals surface area contributed by atoms with Crippen LogP contribution in [0.1, 0.15) is 16.8 Å². The lowest BCUT2D eigenvalue weighted by Crippen LogP contribution is -2.26. The third-order valence-electron chi connectivity index (χ3n) is 2.14. The van der Waals surface area contributed by atoms with Gasteiger partial charge in [0.2, 0.25) is 0 Å². The third kappa shape index (κ3) is 3.78. The fraction of sp³-hybridized carbons (Fsp3) is 0.273. The molecule has 5 nitrogen and oxygen atoms in total. The third-order valence-corrected chi connectivity index (χ3v) is 2.94. The number of ether oxygens (including phenoxy) is 1. The lowest BCUT2D eigenvalue weighted by molar-refractivity contribution is -0.140. The van der Waals surface area contributed by atoms with E-state index in [9.17, 15) is 9.59 Å². The molecule has 0 aliphatic rings. The summed E-state index contributed by atoms with van der Waals surface area (Å²) in [5.74, 6) is -0.856. The van der Waals surface area contributed by atoms with Gasteiger partial charge >= 0.3 is 5.97 Å². The molecule has 0 aliphatic carbocycles. The van der Waals surface area contributed by atoms with Crippen LogP contribution in [0, 0.1) is 0 Å². The van der Waals surface area contributed by atoms with Crippen molar-refractivity contribution < 1.29 is 14.3 Å². The van der Waals surface area contributed by atoms with Gasteiger partial charge in [0.15, 0.2) is 0 Å². The van der Waals surface area contributed by atoms with Gasteiger partial charge in [0.25, 0.3) is 5.91 Å². The number of hydrogen-bond acceptors (Lipinski definition) is 4. The predicted octanol–water partition coefficient (Wildman–Crippen LogP) is 1.87. The minimum Gasteiger partial charge on any atom is -0.469 e. The van der Waals surface area contributed by atoms with E-state index in [0.29, 0.717) is 5.69 Å². The van der Waals surface area contributed by atoms with Crippen molar-refractivity contribution in [3.63, 3.8) is 0 Å². The van der Waals surface area contributed by atoms with Crippen molar-refractivity contribution in [3.05, 3.63) is 27.7 Å². The second-order valence-corrected chi connectivity index (χ2v) is 4.23. The molecular formula is C11H12Cl2N2O3. The quantitative estimate of drug-likeness (QED) is 0.655. The molecule has 0 bridgehead atoms. The summed E-state index contributed by atoms with van der Waals surface area (Å²) in [6.07, 6.45) is 0.0793. The molecule has 0 saturated heterocycles. The fourth-order valence-corrected chi connectivity index (χ4v) is 1.67. The van der Waals surface area contributed by atoms with Crippen molar-refractivity contribution in [3.8, 4) is 0 Å². The number of carbonyl (C=O) groups excluding carboxylic acids is 2. The average Bonchev–Trinajstić information content (AvgIpc) is 2.33. The molecule has 0 fully saturated rings. The van der Waals surface area contributed by atoms with E-state index in [0.717, 1.165) is 0 Å². The molecule has 0 aliphatic heterocycles. The summed E-state index contributed by atoms with van der Waals surface area (Å²) in [5.41, 5.74) is 6.08. The second-order valence-electron chi connectivity index (χ2n) is 3.45. The smallest absolute Gasteiger partial charge is 0.307 e. The lowest BCUT2D eigenvalue weighted by atomic mass is 10.2. The monoisotopic (exact) mass is 290 g/mol. The van der Waals surface area contributed by atoms with E-state index in [4.69, 9.17) is 28.9 Å². The summed E-state index contributed by atoms with van der Waals surface area (Å²) in [6.45, 7) is 0.147. The van der Waals surface area contributed by atoms with Crippen molar-refractivity contribution in [1.82, 2.24) is 5.32 Å². The maximum atomic E-state index is 11.8. The normalized spacial score (nSPS) is 9.94. The Morgan fingerprint density at radius 2 is 2.06 bits per heavy atom. The molecule has 0 heterocycles. The van der Waals surface area contributed by atoms with Gasteiger partial charge in [-0.05, 0) is 12.1 Å². The van der Waals surface area contributed by atoms with Crippen LogP contribution >= 0.6 is 23.2 Å². The number of anilines is 1. The molecule has 1 rings (SSSR count). The topological polar surface area (TPSA) is 81.4 Å². The summed E-state index contributed by atoms with van der Waals surface area (Å²) in [6, 6.07) is 2.87. The van der Waals surface area contributed by atoms with Gasteiger partial charge in [0.05, 0.1) is 29.1 Å². The molecule has 7 heteroatoms. The number of benzene rings is 1. The number of rotatable bonds is 4. The highest BCUT2D eigenvalue weighted by atomic mass is 35.5. The van der Waals surface area contributed by atoms with Gasteiger partial charge in [-0.25, -0.2) is 0 Å². The number of amides is 1. The number of nitrogens with one attached hydrogen (secondary N) is 1. The van der Waals surface area contributed by atoms with E-state index in [1.54, 1.807) is 0 Å². The van der Waals surface area contributed by atoms with Gasteiger partial charge in [-0.3, -0.25) is 9.59 Å². The molecule has 3 N–H and O–H groups in total. The molecule has 0 aromatic heterocycles. The maximum absolute atomic E-state index is 11.8. The molecule has 1 aromatic carbocycles. The van der Waals surface area contributed by atoms with Crippen LogP contribution < -0.4 is 11.1 Å². The minimum absolute atomic E-state index is 0.0793. The number of methoxy groups -OCH3 is 1. The van der Waals surface area contributed by atoms with Gasteiger partial charge in [-0.2, -0.15) is 0 Å². The summed E-state index contributed by atoms with van der Waals surface area (Å²) in [5, 5.41) is 2.85. The van der Waals surface area contributed by atoms with E-state index < -0.39 is 11.9 Å². The number of nitrogen functional groups attached to an aromatic ring is 1. The van der Waals surface area contributed by atoms with E-state index >= 15 is 0 Å². The van der Waals surface area contributed by atoms with Gasteiger partial charge in [0, 0.05) is 12.2 Å². The summed E-state index contributed by atoms with van der Waals surface area (Å²) < 4.78 is 4.44. The first-order valence-corrected chi connectivity index (χ1v) is 5.80. The van der Waals surface area contributed by atoms with Crippen molar-refractivity contribution in [2.75, 3.05) is 19.4 Å². The van der Waals surface area contributed by atoms with Crippen LogP contribution in [0.3, 0.4) is 0 Å². The van der Waals surface area contributed by atoms with Crippen LogP contribution in [0.2, 0.25) is 10.0 Å². The average molecular weight is 291 g/mol. The van der Waals surface area contributed by atoms with Crippen molar-refractivity contribution in [1.29, 1.82) is 0 Å². The Morgan fingerprint density at radius 3 is 2.67 bits per heavy atom. The first-order valence-electron chi connectivity index (χ1n) is 5.05. The molecular weight excluding hydrogens is 279 g/mol. The van der Waals surface area contributed by atoms with E-state index in [2.05, 4.69) is 10.1 Å². The zero-order valence-corrected chi connectivity index (χ0v) is 11.1. The number of hydrogen-bond donors (Lipinski definition) is 2. The Hall–Kier alpha value is -1.46. The van der Waals surface area contributed by atoms with E-state index in [-0.39, 0.29) is 28.6 Å². The van der Waals surface area contributed by atoms with Gasteiger partial charge < -0.3 is 15.8 Å². The molecule has 0 unspecified atom stereocenters. The minimum atomic E-state index is -0.446. The van der Waals surface area contributed by atoms with Crippen LogP contribution in [0.25, 0.3) is 0 Å². The zero-order valence-electron chi connectivity index (χ0n) is 9.63. The Morgan fingerprint density at radius 1 is 1.39 bits per heavy atom. The molecule has 0 saturated carbocycles. The van der Waals surface area contributed by atoms with Crippen LogP contribution in [-0.2, 0) is 9.53 Å². The second kappa shape index (κ2) is 6.47. The lowest BCUT2D eigenvalue weighted by Gasteiger charge is -2.08. The Kier molecular flexibility index (Phi) is 5.25. The maximum Gasteiger partial charge on any atom is 0.307 e. The van der Waals surface area contributed by atoms with Crippen LogP contribution in [0.4, 0.5) is 5.69 Å². The number of carbonyl (C=O) groups is 2. The summed E-state index contributed by atoms with van der Waals surface area (Å²) >= 11 is 11.7. The van der Waals surface area contributed by atoms with Crippen LogP contribution in [-0.4, -0.2) is 25.5 Å². The fourth-order valence-electron chi connectivity index (χ4n) is 1.25. The summed E-state index contributed by atoms with van der Waals surface area (Å²) in [4.78, 5) is 22.6. The molecule has 98 valence electrons. The van der Waals surface area contributed by atoms with Crippen molar-refractivity contribution in [2.45, 2.75) is 6.42 Å². The predicted molar refractivity (Wildman–Crippen MR) is 69.8 cm³/mol. The van der Waals surface area contributed by atoms with Crippen LogP contribution in [0.15, 0.2) is 12.1 Å². The Bertz CT molecular complexity index is 478. The van der Waals surface area contributed by atoms with Gasteiger partial charge in [-0.1, -0.05) is 23.2 Å².